The van der Waals surface area contributed by atoms with E-state index >= 15 is 0 Å². The predicted octanol–water partition coefficient (Wildman–Crippen LogP) is 0.453. The number of aliphatic carboxylic acids is 1. The van der Waals surface area contributed by atoms with Crippen molar-refractivity contribution in [3.8, 4) is 0 Å². The Labute approximate surface area is 69.9 Å². The van der Waals surface area contributed by atoms with Crippen LogP contribution in [0.25, 0.3) is 0 Å². The predicted molar refractivity (Wildman–Crippen MR) is 45.3 cm³/mol. The van der Waals surface area contributed by atoms with Gasteiger partial charge in [0.25, 0.3) is 0 Å². The first-order chi connectivity index (χ1) is 5.63. The molecule has 4 heteroatoms. The lowest BCUT2D eigenvalue weighted by Crippen LogP contribution is -2.09. The molecule has 0 aliphatic carbocycles. The molecule has 0 spiro atoms. The zero-order chi connectivity index (χ0) is 9.56. The van der Waals surface area contributed by atoms with Gasteiger partial charge in [-0.05, 0) is 12.2 Å². The first kappa shape index (κ1) is 10.3. The Kier molecular flexibility index (Phi) is 4.30. The van der Waals surface area contributed by atoms with E-state index in [-0.39, 0.29) is 5.57 Å². The maximum Gasteiger partial charge on any atom is 0.339 e. The highest BCUT2D eigenvalue weighted by Crippen LogP contribution is 1.96. The van der Waals surface area contributed by atoms with Gasteiger partial charge >= 0.3 is 5.97 Å². The van der Waals surface area contributed by atoms with Crippen LogP contribution in [0, 0.1) is 0 Å². The number of carbonyl (C=O) groups excluding carboxylic acids is 1. The second-order valence-electron chi connectivity index (χ2n) is 1.86. The highest BCUT2D eigenvalue weighted by molar-refractivity contribution is 6.22. The minimum absolute atomic E-state index is 0.337. The van der Waals surface area contributed by atoms with Crippen LogP contribution in [0.3, 0.4) is 0 Å². The molecule has 0 atom stereocenters. The zero-order valence-corrected chi connectivity index (χ0v) is 6.65. The van der Waals surface area contributed by atoms with Gasteiger partial charge in [-0.25, -0.2) is 4.79 Å². The fourth-order valence-electron chi connectivity index (χ4n) is 0.518. The van der Waals surface area contributed by atoms with Crippen molar-refractivity contribution in [1.29, 1.82) is 0 Å². The van der Waals surface area contributed by atoms with E-state index in [0.29, 0.717) is 0 Å². The second kappa shape index (κ2) is 5.01. The van der Waals surface area contributed by atoms with Crippen LogP contribution in [0.5, 0.6) is 0 Å². The van der Waals surface area contributed by atoms with Gasteiger partial charge in [0, 0.05) is 13.3 Å². The first-order valence-electron chi connectivity index (χ1n) is 3.16. The Morgan fingerprint density at radius 2 is 2.08 bits per heavy atom. The molecule has 1 N–H and O–H groups in total. The molecule has 0 aromatic carbocycles. The lowest BCUT2D eigenvalue weighted by atomic mass is 10.1. The van der Waals surface area contributed by atoms with E-state index in [1.165, 1.54) is 13.3 Å². The number of carboxylic acid groups (broad SMARTS) is 1. The molecule has 0 unspecified atom stereocenters. The summed E-state index contributed by atoms with van der Waals surface area (Å²) in [7, 11) is 1.48. The molecule has 0 radical (unpaired) electrons. The first-order valence-corrected chi connectivity index (χ1v) is 3.16. The SMILES string of the molecule is C=CC(=O)/C(=C\C=NC)C(=O)O. The van der Waals surface area contributed by atoms with Crippen molar-refractivity contribution in [2.45, 2.75) is 0 Å². The number of carbonyl (C=O) groups is 2. The van der Waals surface area contributed by atoms with E-state index in [4.69, 9.17) is 5.11 Å². The van der Waals surface area contributed by atoms with E-state index in [1.807, 2.05) is 0 Å². The molecule has 0 saturated carbocycles. The Hall–Kier alpha value is -1.71. The number of hydrogen-bond acceptors (Lipinski definition) is 3. The topological polar surface area (TPSA) is 66.7 Å². The van der Waals surface area contributed by atoms with Gasteiger partial charge in [-0.1, -0.05) is 6.58 Å². The molecular weight excluding hydrogens is 158 g/mol. The van der Waals surface area contributed by atoms with Crippen LogP contribution in [-0.2, 0) is 9.59 Å². The Bertz CT molecular complexity index is 263. The summed E-state index contributed by atoms with van der Waals surface area (Å²) in [6.45, 7) is 3.17. The minimum atomic E-state index is -1.28. The molecule has 0 aliphatic heterocycles. The van der Waals surface area contributed by atoms with Gasteiger partial charge in [0.15, 0.2) is 5.78 Å². The van der Waals surface area contributed by atoms with Crippen molar-refractivity contribution in [1.82, 2.24) is 0 Å². The molecular formula is C8H9NO3. The normalized spacial score (nSPS) is 11.6. The van der Waals surface area contributed by atoms with Crippen LogP contribution < -0.4 is 0 Å². The Balaban J connectivity index is 4.78. The molecule has 0 aromatic heterocycles. The van der Waals surface area contributed by atoms with Crippen molar-refractivity contribution in [2.24, 2.45) is 4.99 Å². The maximum atomic E-state index is 10.8. The lowest BCUT2D eigenvalue weighted by molar-refractivity contribution is -0.134. The van der Waals surface area contributed by atoms with Gasteiger partial charge in [-0.15, -0.1) is 0 Å². The van der Waals surface area contributed by atoms with Crippen molar-refractivity contribution < 1.29 is 14.7 Å². The van der Waals surface area contributed by atoms with Gasteiger partial charge in [0.1, 0.15) is 5.57 Å². The third-order valence-corrected chi connectivity index (χ3v) is 1.07. The molecule has 0 rings (SSSR count). The Morgan fingerprint density at radius 3 is 2.42 bits per heavy atom. The molecule has 0 amide bonds. The fraction of sp³-hybridized carbons (Fsp3) is 0.125. The van der Waals surface area contributed by atoms with Gasteiger partial charge in [0.05, 0.1) is 0 Å². The highest BCUT2D eigenvalue weighted by atomic mass is 16.4. The average molecular weight is 167 g/mol. The van der Waals surface area contributed by atoms with Crippen LogP contribution in [0.2, 0.25) is 0 Å². The summed E-state index contributed by atoms with van der Waals surface area (Å²) in [5, 5.41) is 8.50. The molecule has 64 valence electrons. The van der Waals surface area contributed by atoms with Crippen molar-refractivity contribution in [2.75, 3.05) is 7.05 Å². The van der Waals surface area contributed by atoms with Gasteiger partial charge in [-0.3, -0.25) is 9.79 Å². The van der Waals surface area contributed by atoms with Crippen molar-refractivity contribution in [3.63, 3.8) is 0 Å². The number of carboxylic acids is 1. The van der Waals surface area contributed by atoms with Crippen LogP contribution >= 0.6 is 0 Å². The number of hydrogen-bond donors (Lipinski definition) is 1. The quantitative estimate of drug-likeness (QED) is 0.286. The largest absolute Gasteiger partial charge is 0.478 e. The molecule has 0 fully saturated rings. The summed E-state index contributed by atoms with van der Waals surface area (Å²) in [6.07, 6.45) is 3.32. The standard InChI is InChI=1S/C8H9NO3/c1-3-7(10)6(8(11)12)4-5-9-2/h3-5H,1H2,2H3,(H,11,12)/b6-4+,9-5?. The molecule has 12 heavy (non-hydrogen) atoms. The zero-order valence-electron chi connectivity index (χ0n) is 6.65. The fourth-order valence-corrected chi connectivity index (χ4v) is 0.518. The average Bonchev–Trinajstić information content (AvgIpc) is 2.04. The van der Waals surface area contributed by atoms with Crippen LogP contribution in [0.15, 0.2) is 29.3 Å². The second-order valence-corrected chi connectivity index (χ2v) is 1.86. The van der Waals surface area contributed by atoms with Gasteiger partial charge < -0.3 is 5.11 Å². The number of ketones is 1. The maximum absolute atomic E-state index is 10.8. The monoisotopic (exact) mass is 167 g/mol. The van der Waals surface area contributed by atoms with Crippen molar-refractivity contribution >= 4 is 18.0 Å². The van der Waals surface area contributed by atoms with E-state index in [9.17, 15) is 9.59 Å². The summed E-state index contributed by atoms with van der Waals surface area (Å²) in [5.74, 6) is -1.90. The van der Waals surface area contributed by atoms with Crippen LogP contribution in [0.1, 0.15) is 0 Å². The summed E-state index contributed by atoms with van der Waals surface area (Å²) < 4.78 is 0. The smallest absolute Gasteiger partial charge is 0.339 e. The molecule has 0 aromatic rings. The number of nitrogens with zero attached hydrogens (tertiary/aromatic N) is 1. The third-order valence-electron chi connectivity index (χ3n) is 1.07. The van der Waals surface area contributed by atoms with E-state index < -0.39 is 11.8 Å². The Morgan fingerprint density at radius 1 is 1.50 bits per heavy atom. The van der Waals surface area contributed by atoms with Crippen LogP contribution in [-0.4, -0.2) is 30.1 Å². The molecule has 0 saturated heterocycles. The molecule has 0 aliphatic rings. The molecule has 4 nitrogen and oxygen atoms in total. The summed E-state index contributed by atoms with van der Waals surface area (Å²) in [5.41, 5.74) is -0.337. The number of aliphatic imine (C=N–C) groups is 1. The van der Waals surface area contributed by atoms with Crippen LogP contribution in [0.4, 0.5) is 0 Å². The van der Waals surface area contributed by atoms with E-state index in [0.717, 1.165) is 12.2 Å². The number of rotatable bonds is 4. The van der Waals surface area contributed by atoms with E-state index in [1.54, 1.807) is 0 Å². The summed E-state index contributed by atoms with van der Waals surface area (Å²) >= 11 is 0. The van der Waals surface area contributed by atoms with Crippen molar-refractivity contribution in [3.05, 3.63) is 24.3 Å². The summed E-state index contributed by atoms with van der Waals surface area (Å²) in [4.78, 5) is 24.8. The van der Waals surface area contributed by atoms with E-state index in [2.05, 4.69) is 11.6 Å². The third kappa shape index (κ3) is 2.92. The highest BCUT2D eigenvalue weighted by Gasteiger charge is 2.12. The van der Waals surface area contributed by atoms with Gasteiger partial charge in [-0.2, -0.15) is 0 Å². The number of allylic oxidation sites excluding steroid dienone is 2. The molecule has 0 heterocycles. The molecule has 0 bridgehead atoms. The summed E-state index contributed by atoms with van der Waals surface area (Å²) in [6, 6.07) is 0. The van der Waals surface area contributed by atoms with Gasteiger partial charge in [0.2, 0.25) is 0 Å². The minimum Gasteiger partial charge on any atom is -0.478 e. The lowest BCUT2D eigenvalue weighted by Gasteiger charge is -1.92.